The summed E-state index contributed by atoms with van der Waals surface area (Å²) in [6, 6.07) is 0. The van der Waals surface area contributed by atoms with Crippen LogP contribution in [0, 0.1) is 0 Å². The third-order valence-electron chi connectivity index (χ3n) is 11.5. The third kappa shape index (κ3) is 46.8. The van der Waals surface area contributed by atoms with Gasteiger partial charge in [0.2, 0.25) is 0 Å². The smallest absolute Gasteiger partial charge is 0.306 e. The number of esters is 3. The molecule has 6 heteroatoms. The van der Waals surface area contributed by atoms with Crippen LogP contribution in [0.2, 0.25) is 0 Å². The average molecular weight is 831 g/mol. The van der Waals surface area contributed by atoms with Gasteiger partial charge in [0.05, 0.1) is 0 Å². The summed E-state index contributed by atoms with van der Waals surface area (Å²) in [5.41, 5.74) is 0. The fraction of sp³-hybridized carbons (Fsp3) is 0.868. The molecule has 0 aliphatic heterocycles. The van der Waals surface area contributed by atoms with Crippen LogP contribution >= 0.6 is 0 Å². The van der Waals surface area contributed by atoms with E-state index in [1.165, 1.54) is 161 Å². The molecule has 1 unspecified atom stereocenters. The van der Waals surface area contributed by atoms with Gasteiger partial charge in [0.15, 0.2) is 6.10 Å². The van der Waals surface area contributed by atoms with Gasteiger partial charge in [-0.3, -0.25) is 14.4 Å². The quantitative estimate of drug-likeness (QED) is 0.0263. The first-order valence-electron chi connectivity index (χ1n) is 25.8. The topological polar surface area (TPSA) is 78.9 Å². The molecule has 0 aliphatic rings. The van der Waals surface area contributed by atoms with Gasteiger partial charge in [-0.1, -0.05) is 238 Å². The second-order valence-electron chi connectivity index (χ2n) is 17.4. The molecular formula is C53H98O6. The molecule has 0 saturated heterocycles. The largest absolute Gasteiger partial charge is 0.462 e. The van der Waals surface area contributed by atoms with Crippen molar-refractivity contribution in [1.29, 1.82) is 0 Å². The number of hydrogen-bond acceptors (Lipinski definition) is 6. The number of rotatable bonds is 47. The standard InChI is InChI=1S/C53H98O6/c1-4-7-10-13-16-19-21-23-25-26-27-28-30-31-34-37-40-43-46-52(55)58-49-50(48-57-51(54)45-42-39-36-33-18-15-12-9-6-3)59-53(56)47-44-41-38-35-32-29-24-22-20-17-14-11-8-5-2/h8,11,17,20,50H,4-7,9-10,12-16,18-19,21-49H2,1-3H3/b11-8-,20-17-. The van der Waals surface area contributed by atoms with E-state index < -0.39 is 6.10 Å². The maximum absolute atomic E-state index is 12.8. The molecule has 0 aromatic rings. The fourth-order valence-electron chi connectivity index (χ4n) is 7.60. The van der Waals surface area contributed by atoms with E-state index in [0.717, 1.165) is 77.0 Å². The van der Waals surface area contributed by atoms with Crippen molar-refractivity contribution in [3.63, 3.8) is 0 Å². The summed E-state index contributed by atoms with van der Waals surface area (Å²) < 4.78 is 16.8. The molecule has 0 amide bonds. The highest BCUT2D eigenvalue weighted by atomic mass is 16.6. The molecule has 0 bridgehead atoms. The summed E-state index contributed by atoms with van der Waals surface area (Å²) in [6.07, 6.45) is 54.5. The van der Waals surface area contributed by atoms with E-state index in [1.807, 2.05) is 0 Å². The van der Waals surface area contributed by atoms with Gasteiger partial charge in [-0.15, -0.1) is 0 Å². The summed E-state index contributed by atoms with van der Waals surface area (Å²) in [4.78, 5) is 37.9. The van der Waals surface area contributed by atoms with Crippen LogP contribution in [-0.4, -0.2) is 37.2 Å². The summed E-state index contributed by atoms with van der Waals surface area (Å²) in [6.45, 7) is 6.54. The zero-order valence-electron chi connectivity index (χ0n) is 39.5. The van der Waals surface area contributed by atoms with E-state index >= 15 is 0 Å². The maximum atomic E-state index is 12.8. The minimum Gasteiger partial charge on any atom is -0.462 e. The monoisotopic (exact) mass is 831 g/mol. The zero-order chi connectivity index (χ0) is 43.0. The van der Waals surface area contributed by atoms with Gasteiger partial charge in [0.25, 0.3) is 0 Å². The molecule has 0 aromatic heterocycles. The lowest BCUT2D eigenvalue weighted by atomic mass is 10.0. The first kappa shape index (κ1) is 56.9. The number of unbranched alkanes of at least 4 members (excludes halogenated alkanes) is 32. The van der Waals surface area contributed by atoms with Crippen molar-refractivity contribution < 1.29 is 28.6 Å². The van der Waals surface area contributed by atoms with Gasteiger partial charge in [-0.25, -0.2) is 0 Å². The molecule has 6 nitrogen and oxygen atoms in total. The Labute approximate surface area is 366 Å². The molecule has 0 aromatic carbocycles. The van der Waals surface area contributed by atoms with Gasteiger partial charge in [-0.05, 0) is 44.9 Å². The van der Waals surface area contributed by atoms with E-state index in [4.69, 9.17) is 14.2 Å². The predicted molar refractivity (Wildman–Crippen MR) is 252 cm³/mol. The van der Waals surface area contributed by atoms with Crippen LogP contribution in [-0.2, 0) is 28.6 Å². The molecule has 0 radical (unpaired) electrons. The first-order valence-corrected chi connectivity index (χ1v) is 25.8. The molecule has 0 fully saturated rings. The maximum Gasteiger partial charge on any atom is 0.306 e. The number of carbonyl (C=O) groups is 3. The Hall–Kier alpha value is -2.11. The highest BCUT2D eigenvalue weighted by Gasteiger charge is 2.19. The molecule has 0 aliphatic carbocycles. The lowest BCUT2D eigenvalue weighted by Crippen LogP contribution is -2.30. The van der Waals surface area contributed by atoms with Gasteiger partial charge >= 0.3 is 17.9 Å². The van der Waals surface area contributed by atoms with Gasteiger partial charge < -0.3 is 14.2 Å². The number of hydrogen-bond donors (Lipinski definition) is 0. The average Bonchev–Trinajstić information content (AvgIpc) is 3.23. The summed E-state index contributed by atoms with van der Waals surface area (Å²) in [5.74, 6) is -0.868. The molecular weight excluding hydrogens is 733 g/mol. The number of allylic oxidation sites excluding steroid dienone is 4. The first-order chi connectivity index (χ1) is 29.0. The van der Waals surface area contributed by atoms with Crippen molar-refractivity contribution >= 4 is 17.9 Å². The Kier molecular flexibility index (Phi) is 46.8. The van der Waals surface area contributed by atoms with Crippen LogP contribution in [0.5, 0.6) is 0 Å². The Balaban J connectivity index is 4.26. The summed E-state index contributed by atoms with van der Waals surface area (Å²) >= 11 is 0. The second kappa shape index (κ2) is 48.6. The molecule has 346 valence electrons. The summed E-state index contributed by atoms with van der Waals surface area (Å²) in [7, 11) is 0. The van der Waals surface area contributed by atoms with Crippen LogP contribution in [0.1, 0.15) is 278 Å². The van der Waals surface area contributed by atoms with Crippen LogP contribution in [0.15, 0.2) is 24.3 Å². The molecule has 0 N–H and O–H groups in total. The minimum atomic E-state index is -0.768. The van der Waals surface area contributed by atoms with Crippen molar-refractivity contribution in [2.45, 2.75) is 284 Å². The highest BCUT2D eigenvalue weighted by Crippen LogP contribution is 2.16. The Morgan fingerprint density at radius 3 is 1.02 bits per heavy atom. The minimum absolute atomic E-state index is 0.0699. The van der Waals surface area contributed by atoms with Crippen LogP contribution in [0.3, 0.4) is 0 Å². The predicted octanol–water partition coefficient (Wildman–Crippen LogP) is 16.8. The van der Waals surface area contributed by atoms with Crippen LogP contribution < -0.4 is 0 Å². The molecule has 59 heavy (non-hydrogen) atoms. The van der Waals surface area contributed by atoms with E-state index in [-0.39, 0.29) is 31.1 Å². The van der Waals surface area contributed by atoms with E-state index in [9.17, 15) is 14.4 Å². The lowest BCUT2D eigenvalue weighted by Gasteiger charge is -2.18. The highest BCUT2D eigenvalue weighted by molar-refractivity contribution is 5.71. The summed E-state index contributed by atoms with van der Waals surface area (Å²) in [5, 5.41) is 0. The van der Waals surface area contributed by atoms with Gasteiger partial charge in [0, 0.05) is 19.3 Å². The molecule has 1 atom stereocenters. The fourth-order valence-corrected chi connectivity index (χ4v) is 7.60. The van der Waals surface area contributed by atoms with Crippen molar-refractivity contribution in [3.05, 3.63) is 24.3 Å². The van der Waals surface area contributed by atoms with Crippen molar-refractivity contribution in [2.75, 3.05) is 13.2 Å². The van der Waals surface area contributed by atoms with E-state index in [1.54, 1.807) is 0 Å². The Bertz CT molecular complexity index is 958. The zero-order valence-corrected chi connectivity index (χ0v) is 39.5. The number of carbonyl (C=O) groups excluding carboxylic acids is 3. The van der Waals surface area contributed by atoms with E-state index in [2.05, 4.69) is 45.1 Å². The van der Waals surface area contributed by atoms with Crippen molar-refractivity contribution in [2.24, 2.45) is 0 Å². The van der Waals surface area contributed by atoms with Crippen molar-refractivity contribution in [3.8, 4) is 0 Å². The van der Waals surface area contributed by atoms with Crippen LogP contribution in [0.4, 0.5) is 0 Å². The van der Waals surface area contributed by atoms with Gasteiger partial charge in [-0.2, -0.15) is 0 Å². The van der Waals surface area contributed by atoms with Crippen molar-refractivity contribution in [1.82, 2.24) is 0 Å². The lowest BCUT2D eigenvalue weighted by molar-refractivity contribution is -0.167. The second-order valence-corrected chi connectivity index (χ2v) is 17.4. The number of ether oxygens (including phenoxy) is 3. The Morgan fingerprint density at radius 2 is 0.661 bits per heavy atom. The van der Waals surface area contributed by atoms with Crippen LogP contribution in [0.25, 0.3) is 0 Å². The molecule has 0 saturated carbocycles. The van der Waals surface area contributed by atoms with Gasteiger partial charge in [0.1, 0.15) is 13.2 Å². The van der Waals surface area contributed by atoms with E-state index in [0.29, 0.717) is 19.3 Å². The normalized spacial score (nSPS) is 12.1. The molecule has 0 rings (SSSR count). The SMILES string of the molecule is CC/C=C\C/C=C\CCCCCCCCCC(=O)OC(COC(=O)CCCCCCCCCCC)COC(=O)CCCCCCCCCCCCCCCCCCCC. The Morgan fingerprint density at radius 1 is 0.356 bits per heavy atom. The molecule has 0 heterocycles. The molecule has 0 spiro atoms. The third-order valence-corrected chi connectivity index (χ3v) is 11.5.